The van der Waals surface area contributed by atoms with Gasteiger partial charge in [-0.3, -0.25) is 4.79 Å². The number of carbonyl (C=O) groups is 1. The molecule has 1 saturated heterocycles. The van der Waals surface area contributed by atoms with Crippen LogP contribution in [0.15, 0.2) is 46.0 Å². The smallest absolute Gasteiger partial charge is 0.243 e. The summed E-state index contributed by atoms with van der Waals surface area (Å²) in [6, 6.07) is 6.72. The van der Waals surface area contributed by atoms with Crippen LogP contribution < -0.4 is 4.90 Å². The monoisotopic (exact) mass is 412 g/mol. The number of amides is 1. The van der Waals surface area contributed by atoms with E-state index >= 15 is 0 Å². The maximum absolute atomic E-state index is 13.0. The first-order valence-electron chi connectivity index (χ1n) is 8.70. The van der Waals surface area contributed by atoms with Crippen LogP contribution in [0.25, 0.3) is 0 Å². The number of quaternary nitrogens is 1. The van der Waals surface area contributed by atoms with Gasteiger partial charge in [-0.15, -0.1) is 0 Å². The van der Waals surface area contributed by atoms with E-state index in [2.05, 4.69) is 16.8 Å². The van der Waals surface area contributed by atoms with Crippen molar-refractivity contribution in [2.45, 2.75) is 11.4 Å². The van der Waals surface area contributed by atoms with E-state index in [1.165, 1.54) is 29.6 Å². The summed E-state index contributed by atoms with van der Waals surface area (Å²) in [5.74, 6) is -0.715. The summed E-state index contributed by atoms with van der Waals surface area (Å²) >= 11 is 1.68. The second-order valence-electron chi connectivity index (χ2n) is 6.65. The third-order valence-corrected chi connectivity index (χ3v) is 7.29. The van der Waals surface area contributed by atoms with Crippen molar-refractivity contribution in [1.29, 1.82) is 0 Å². The van der Waals surface area contributed by atoms with E-state index in [1.54, 1.807) is 16.2 Å². The molecule has 3 rings (SSSR count). The van der Waals surface area contributed by atoms with Gasteiger partial charge in [-0.1, -0.05) is 0 Å². The second kappa shape index (κ2) is 8.47. The van der Waals surface area contributed by atoms with E-state index in [1.807, 2.05) is 0 Å². The number of nitrogens with zero attached hydrogens (tertiary/aromatic N) is 2. The molecule has 0 aliphatic carbocycles. The molecule has 1 amide bonds. The minimum absolute atomic E-state index is 0.0239. The molecule has 0 radical (unpaired) electrons. The second-order valence-corrected chi connectivity index (χ2v) is 9.48. The molecule has 0 bridgehead atoms. The molecule has 0 spiro atoms. The van der Waals surface area contributed by atoms with Crippen molar-refractivity contribution in [2.24, 2.45) is 0 Å². The number of hydrogen-bond acceptors (Lipinski definition) is 4. The maximum atomic E-state index is 13.0. The Balaban J connectivity index is 1.53. The number of thiophene rings is 1. The first-order chi connectivity index (χ1) is 12.9. The van der Waals surface area contributed by atoms with Crippen LogP contribution in [0.1, 0.15) is 5.56 Å². The molecule has 27 heavy (non-hydrogen) atoms. The molecule has 1 aliphatic heterocycles. The molecule has 1 fully saturated rings. The fraction of sp³-hybridized carbons (Fsp3) is 0.389. The highest BCUT2D eigenvalue weighted by Gasteiger charge is 2.28. The summed E-state index contributed by atoms with van der Waals surface area (Å²) in [7, 11) is -2.45. The number of rotatable bonds is 6. The van der Waals surface area contributed by atoms with E-state index in [0.29, 0.717) is 13.1 Å². The van der Waals surface area contributed by atoms with Gasteiger partial charge in [-0.2, -0.15) is 15.6 Å². The number of piperazine rings is 1. The fourth-order valence-corrected chi connectivity index (χ4v) is 4.88. The molecule has 1 aromatic heterocycles. The van der Waals surface area contributed by atoms with Crippen molar-refractivity contribution in [3.05, 3.63) is 52.5 Å². The molecule has 0 unspecified atom stereocenters. The van der Waals surface area contributed by atoms with Crippen molar-refractivity contribution in [3.8, 4) is 0 Å². The summed E-state index contributed by atoms with van der Waals surface area (Å²) in [6.07, 6.45) is 0. The van der Waals surface area contributed by atoms with Crippen molar-refractivity contribution in [1.82, 2.24) is 9.21 Å². The molecular weight excluding hydrogens is 389 g/mol. The van der Waals surface area contributed by atoms with Crippen LogP contribution in [-0.2, 0) is 21.4 Å². The Morgan fingerprint density at radius 3 is 2.48 bits per heavy atom. The Hall–Kier alpha value is -1.81. The average Bonchev–Trinajstić information content (AvgIpc) is 3.15. The summed E-state index contributed by atoms with van der Waals surface area (Å²) in [5.41, 5.74) is 1.31. The van der Waals surface area contributed by atoms with E-state index in [-0.39, 0.29) is 17.3 Å². The summed E-state index contributed by atoms with van der Waals surface area (Å²) in [4.78, 5) is 15.6. The Morgan fingerprint density at radius 1 is 1.22 bits per heavy atom. The first kappa shape index (κ1) is 19.9. The van der Waals surface area contributed by atoms with Gasteiger partial charge in [0, 0.05) is 12.6 Å². The minimum Gasteiger partial charge on any atom is -0.330 e. The molecule has 2 aromatic rings. The highest BCUT2D eigenvalue weighted by molar-refractivity contribution is 7.89. The van der Waals surface area contributed by atoms with Gasteiger partial charge in [0.15, 0.2) is 0 Å². The number of sulfonamides is 1. The number of nitrogens with one attached hydrogen (secondary N) is 1. The fourth-order valence-electron chi connectivity index (χ4n) is 3.09. The van der Waals surface area contributed by atoms with Crippen LogP contribution in [0.2, 0.25) is 0 Å². The Labute approximate surface area is 162 Å². The highest BCUT2D eigenvalue weighted by atomic mass is 32.2. The van der Waals surface area contributed by atoms with Crippen molar-refractivity contribution in [3.63, 3.8) is 0 Å². The predicted octanol–water partition coefficient (Wildman–Crippen LogP) is 0.435. The van der Waals surface area contributed by atoms with Crippen molar-refractivity contribution in [2.75, 3.05) is 39.8 Å². The zero-order valence-electron chi connectivity index (χ0n) is 15.1. The molecule has 2 heterocycles. The van der Waals surface area contributed by atoms with Crippen LogP contribution in [0, 0.1) is 5.82 Å². The Kier molecular flexibility index (Phi) is 6.25. The van der Waals surface area contributed by atoms with Crippen LogP contribution in [0.4, 0.5) is 4.39 Å². The van der Waals surface area contributed by atoms with Crippen molar-refractivity contribution < 1.29 is 22.5 Å². The topological polar surface area (TPSA) is 62.1 Å². The SMILES string of the molecule is CN(CC(=O)N1CC[NH+](Cc2ccsc2)CC1)S(=O)(=O)c1ccc(F)cc1. The number of carbonyl (C=O) groups excluding carboxylic acids is 1. The van der Waals surface area contributed by atoms with Gasteiger partial charge in [0.1, 0.15) is 12.4 Å². The van der Waals surface area contributed by atoms with Gasteiger partial charge in [0.25, 0.3) is 0 Å². The molecule has 1 N–H and O–H groups in total. The van der Waals surface area contributed by atoms with Gasteiger partial charge in [-0.25, -0.2) is 12.8 Å². The third kappa shape index (κ3) is 4.92. The molecule has 9 heteroatoms. The zero-order chi connectivity index (χ0) is 19.4. The van der Waals surface area contributed by atoms with Gasteiger partial charge in [0.2, 0.25) is 15.9 Å². The number of hydrogen-bond donors (Lipinski definition) is 1. The lowest BCUT2D eigenvalue weighted by atomic mass is 10.2. The standard InChI is InChI=1S/C18H22FN3O3S2/c1-20(27(24,25)17-4-2-16(19)3-5-17)13-18(23)22-9-7-21(8-10-22)12-15-6-11-26-14-15/h2-6,11,14H,7-10,12-13H2,1H3/p+1. The highest BCUT2D eigenvalue weighted by Crippen LogP contribution is 2.15. The van der Waals surface area contributed by atoms with Gasteiger partial charge >= 0.3 is 0 Å². The summed E-state index contributed by atoms with van der Waals surface area (Å²) in [5, 5.41) is 4.20. The molecule has 1 aromatic carbocycles. The van der Waals surface area contributed by atoms with E-state index in [4.69, 9.17) is 0 Å². The predicted molar refractivity (Wildman–Crippen MR) is 102 cm³/mol. The average molecular weight is 413 g/mol. The minimum atomic E-state index is -3.82. The van der Waals surface area contributed by atoms with Crippen LogP contribution >= 0.6 is 11.3 Å². The lowest BCUT2D eigenvalue weighted by Crippen LogP contribution is -3.13. The molecule has 6 nitrogen and oxygen atoms in total. The number of likely N-dealkylation sites (N-methyl/N-ethyl adjacent to an activating group) is 1. The zero-order valence-corrected chi connectivity index (χ0v) is 16.7. The van der Waals surface area contributed by atoms with Gasteiger partial charge < -0.3 is 9.80 Å². The summed E-state index contributed by atoms with van der Waals surface area (Å²) in [6.45, 7) is 3.64. The third-order valence-electron chi connectivity index (χ3n) is 4.74. The largest absolute Gasteiger partial charge is 0.330 e. The van der Waals surface area contributed by atoms with Crippen LogP contribution in [-0.4, -0.2) is 63.3 Å². The molecule has 146 valence electrons. The lowest BCUT2D eigenvalue weighted by molar-refractivity contribution is -0.917. The first-order valence-corrected chi connectivity index (χ1v) is 11.1. The number of benzene rings is 1. The molecule has 0 saturated carbocycles. The van der Waals surface area contributed by atoms with Gasteiger partial charge in [0.05, 0.1) is 37.6 Å². The lowest BCUT2D eigenvalue weighted by Gasteiger charge is -2.33. The Morgan fingerprint density at radius 2 is 1.89 bits per heavy atom. The van der Waals surface area contributed by atoms with E-state index in [9.17, 15) is 17.6 Å². The number of halogens is 1. The molecule has 0 atom stereocenters. The van der Waals surface area contributed by atoms with Crippen LogP contribution in [0.3, 0.4) is 0 Å². The molecular formula is C18H23FN3O3S2+. The normalized spacial score (nSPS) is 16.0. The molecule has 1 aliphatic rings. The van der Waals surface area contributed by atoms with E-state index < -0.39 is 15.8 Å². The van der Waals surface area contributed by atoms with E-state index in [0.717, 1.165) is 36.1 Å². The summed E-state index contributed by atoms with van der Waals surface area (Å²) < 4.78 is 39.1. The Bertz CT molecular complexity index is 862. The maximum Gasteiger partial charge on any atom is 0.243 e. The van der Waals surface area contributed by atoms with Crippen molar-refractivity contribution >= 4 is 27.3 Å². The van der Waals surface area contributed by atoms with Gasteiger partial charge in [-0.05, 0) is 41.1 Å². The van der Waals surface area contributed by atoms with Crippen LogP contribution in [0.5, 0.6) is 0 Å². The quantitative estimate of drug-likeness (QED) is 0.749.